The molecule has 1 saturated heterocycles. The number of ether oxygens (including phenoxy) is 1. The summed E-state index contributed by atoms with van der Waals surface area (Å²) in [6, 6.07) is 1.29. The van der Waals surface area contributed by atoms with Crippen molar-refractivity contribution in [3.63, 3.8) is 0 Å². The molecule has 20 heavy (non-hydrogen) atoms. The van der Waals surface area contributed by atoms with Crippen molar-refractivity contribution >= 4 is 5.82 Å². The lowest BCUT2D eigenvalue weighted by Crippen LogP contribution is -2.44. The van der Waals surface area contributed by atoms with E-state index in [1.165, 1.54) is 12.3 Å². The van der Waals surface area contributed by atoms with E-state index in [1.54, 1.807) is 0 Å². The van der Waals surface area contributed by atoms with Crippen LogP contribution in [0.2, 0.25) is 0 Å². The largest absolute Gasteiger partial charge is 0.393 e. The average molecular weight is 284 g/mol. The van der Waals surface area contributed by atoms with Gasteiger partial charge in [-0.1, -0.05) is 5.11 Å². The van der Waals surface area contributed by atoms with Crippen molar-refractivity contribution in [2.75, 3.05) is 12.3 Å². The third-order valence-corrected chi connectivity index (χ3v) is 2.97. The second-order valence-corrected chi connectivity index (χ2v) is 4.18. The van der Waals surface area contributed by atoms with E-state index >= 15 is 0 Å². The topological polar surface area (TPSA) is 180 Å². The number of aliphatic hydroxyl groups is 3. The van der Waals surface area contributed by atoms with Crippen LogP contribution >= 0.6 is 0 Å². The molecule has 5 N–H and O–H groups in total. The molecule has 0 amide bonds. The monoisotopic (exact) mass is 284 g/mol. The van der Waals surface area contributed by atoms with Crippen LogP contribution in [0.3, 0.4) is 0 Å². The maximum atomic E-state index is 11.7. The first-order valence-corrected chi connectivity index (χ1v) is 5.51. The van der Waals surface area contributed by atoms with Gasteiger partial charge in [0, 0.05) is 11.1 Å². The lowest BCUT2D eigenvalue weighted by molar-refractivity contribution is -0.125. The first-order chi connectivity index (χ1) is 9.45. The number of hydrogen-bond acceptors (Lipinski definition) is 8. The lowest BCUT2D eigenvalue weighted by Gasteiger charge is -2.23. The third kappa shape index (κ3) is 2.09. The zero-order valence-electron chi connectivity index (χ0n) is 10.1. The number of aliphatic hydroxyl groups excluding tert-OH is 3. The first-order valence-electron chi connectivity index (χ1n) is 5.51. The highest BCUT2D eigenvalue weighted by Crippen LogP contribution is 2.37. The van der Waals surface area contributed by atoms with Gasteiger partial charge in [0.1, 0.15) is 18.0 Å². The van der Waals surface area contributed by atoms with Crippen molar-refractivity contribution in [2.45, 2.75) is 24.2 Å². The molecule has 11 nitrogen and oxygen atoms in total. The summed E-state index contributed by atoms with van der Waals surface area (Å²) < 4.78 is 6.05. The summed E-state index contributed by atoms with van der Waals surface area (Å²) in [6.45, 7) is -0.872. The van der Waals surface area contributed by atoms with Crippen LogP contribution in [0.4, 0.5) is 5.82 Å². The number of nitrogen functional groups attached to an aromatic ring is 1. The molecule has 108 valence electrons. The minimum absolute atomic E-state index is 0.0252. The number of hydrogen-bond donors (Lipinski definition) is 4. The van der Waals surface area contributed by atoms with Gasteiger partial charge in [0.2, 0.25) is 5.72 Å². The Labute approximate surface area is 111 Å². The highest BCUT2D eigenvalue weighted by Gasteiger charge is 2.54. The molecule has 2 heterocycles. The second-order valence-electron chi connectivity index (χ2n) is 4.18. The van der Waals surface area contributed by atoms with E-state index in [-0.39, 0.29) is 5.82 Å². The highest BCUT2D eigenvalue weighted by atomic mass is 16.6. The molecule has 4 atom stereocenters. The maximum Gasteiger partial charge on any atom is 0.351 e. The van der Waals surface area contributed by atoms with Gasteiger partial charge in [0.25, 0.3) is 0 Å². The van der Waals surface area contributed by atoms with Gasteiger partial charge in [0.15, 0.2) is 6.23 Å². The van der Waals surface area contributed by atoms with E-state index in [9.17, 15) is 20.1 Å². The Morgan fingerprint density at radius 3 is 2.90 bits per heavy atom. The number of nitrogens with two attached hydrogens (primary N) is 1. The molecular formula is C9H12N6O5. The molecule has 0 aliphatic carbocycles. The molecule has 1 fully saturated rings. The summed E-state index contributed by atoms with van der Waals surface area (Å²) in [5.74, 6) is -0.0252. The molecule has 11 heteroatoms. The molecule has 1 aliphatic rings. The van der Waals surface area contributed by atoms with Gasteiger partial charge in [-0.25, -0.2) is 4.79 Å². The molecule has 0 aromatic carbocycles. The van der Waals surface area contributed by atoms with E-state index in [2.05, 4.69) is 15.0 Å². The number of rotatable bonds is 3. The van der Waals surface area contributed by atoms with E-state index in [4.69, 9.17) is 16.0 Å². The van der Waals surface area contributed by atoms with Crippen molar-refractivity contribution in [3.8, 4) is 0 Å². The van der Waals surface area contributed by atoms with Crippen molar-refractivity contribution in [2.24, 2.45) is 5.11 Å². The van der Waals surface area contributed by atoms with E-state index in [0.717, 1.165) is 4.57 Å². The predicted molar refractivity (Wildman–Crippen MR) is 64.0 cm³/mol. The lowest BCUT2D eigenvalue weighted by atomic mass is 10.1. The van der Waals surface area contributed by atoms with Gasteiger partial charge in [-0.3, -0.25) is 4.57 Å². The zero-order chi connectivity index (χ0) is 14.9. The number of azide groups is 1. The Morgan fingerprint density at radius 1 is 1.65 bits per heavy atom. The average Bonchev–Trinajstić information content (AvgIpc) is 2.65. The summed E-state index contributed by atoms with van der Waals surface area (Å²) in [5, 5.41) is 32.2. The molecule has 2 rings (SSSR count). The summed E-state index contributed by atoms with van der Waals surface area (Å²) in [4.78, 5) is 17.6. The predicted octanol–water partition coefficient (Wildman–Crippen LogP) is -1.92. The second kappa shape index (κ2) is 5.07. The van der Waals surface area contributed by atoms with Crippen LogP contribution in [-0.2, 0) is 4.74 Å². The fourth-order valence-corrected chi connectivity index (χ4v) is 1.93. The fraction of sp³-hybridized carbons (Fsp3) is 0.556. The number of anilines is 1. The van der Waals surface area contributed by atoms with Crippen molar-refractivity contribution in [3.05, 3.63) is 33.2 Å². The summed E-state index contributed by atoms with van der Waals surface area (Å²) in [6.07, 6.45) is -3.48. The molecule has 1 aromatic rings. The molecule has 0 radical (unpaired) electrons. The van der Waals surface area contributed by atoms with Gasteiger partial charge in [-0.2, -0.15) is 4.98 Å². The highest BCUT2D eigenvalue weighted by molar-refractivity contribution is 5.23. The first kappa shape index (κ1) is 14.2. The Kier molecular flexibility index (Phi) is 3.61. The summed E-state index contributed by atoms with van der Waals surface area (Å²) in [5.41, 5.74) is 10.9. The number of nitrogens with zero attached hydrogens (tertiary/aromatic N) is 5. The van der Waals surface area contributed by atoms with E-state index in [0.29, 0.717) is 0 Å². The van der Waals surface area contributed by atoms with Crippen molar-refractivity contribution in [1.29, 1.82) is 0 Å². The third-order valence-electron chi connectivity index (χ3n) is 2.97. The van der Waals surface area contributed by atoms with Crippen LogP contribution in [0, 0.1) is 0 Å². The van der Waals surface area contributed by atoms with Crippen LogP contribution in [0.1, 0.15) is 6.23 Å². The van der Waals surface area contributed by atoms with Crippen LogP contribution in [0.15, 0.2) is 22.2 Å². The minimum atomic E-state index is -2.07. The van der Waals surface area contributed by atoms with Crippen LogP contribution in [-0.4, -0.2) is 49.4 Å². The molecule has 0 unspecified atom stereocenters. The normalized spacial score (nSPS) is 32.9. The zero-order valence-corrected chi connectivity index (χ0v) is 10.1. The van der Waals surface area contributed by atoms with Gasteiger partial charge < -0.3 is 25.8 Å². The molecule has 1 aliphatic heterocycles. The Hall–Kier alpha value is -2.17. The summed E-state index contributed by atoms with van der Waals surface area (Å²) in [7, 11) is 0. The maximum absolute atomic E-state index is 11.7. The van der Waals surface area contributed by atoms with E-state index in [1.807, 2.05) is 0 Å². The van der Waals surface area contributed by atoms with Gasteiger partial charge in [-0.15, -0.1) is 0 Å². The molecule has 0 bridgehead atoms. The van der Waals surface area contributed by atoms with Gasteiger partial charge in [-0.05, 0) is 11.6 Å². The van der Waals surface area contributed by atoms with Crippen molar-refractivity contribution < 1.29 is 20.1 Å². The minimum Gasteiger partial charge on any atom is -0.393 e. The van der Waals surface area contributed by atoms with Gasteiger partial charge >= 0.3 is 5.69 Å². The van der Waals surface area contributed by atoms with Crippen LogP contribution in [0.25, 0.3) is 10.4 Å². The SMILES string of the molecule is [N-]=[N+]=N[C@@]1(CO)O[C@H](n2ccc(N)nc2=O)[C@@H](O)[C@H]1O. The standard InChI is InChI=1S/C9H12N6O5/c10-4-1-2-15(8(19)12-4)7-5(17)6(18)9(3-16,20-7)13-14-11/h1-2,5-7,16-18H,3H2,(H2,10,12,19)/t5-,6+,7-,9-/m0/s1. The molecule has 0 spiro atoms. The Morgan fingerprint density at radius 2 is 2.35 bits per heavy atom. The quantitative estimate of drug-likeness (QED) is 0.283. The van der Waals surface area contributed by atoms with Gasteiger partial charge in [0.05, 0.1) is 6.61 Å². The molecular weight excluding hydrogens is 272 g/mol. The smallest absolute Gasteiger partial charge is 0.351 e. The van der Waals surface area contributed by atoms with E-state index < -0.39 is 36.5 Å². The molecule has 1 aromatic heterocycles. The summed E-state index contributed by atoms with van der Waals surface area (Å²) >= 11 is 0. The Bertz CT molecular complexity index is 613. The fourth-order valence-electron chi connectivity index (χ4n) is 1.93. The van der Waals surface area contributed by atoms with Crippen LogP contribution < -0.4 is 11.4 Å². The Balaban J connectivity index is 2.45. The van der Waals surface area contributed by atoms with Crippen LogP contribution in [0.5, 0.6) is 0 Å². The number of aromatic nitrogens is 2. The molecule has 0 saturated carbocycles. The van der Waals surface area contributed by atoms with Crippen molar-refractivity contribution in [1.82, 2.24) is 9.55 Å².